The van der Waals surface area contributed by atoms with E-state index in [2.05, 4.69) is 5.32 Å². The number of likely N-dealkylation sites (tertiary alicyclic amines) is 1. The number of aryl methyl sites for hydroxylation is 1. The average Bonchev–Trinajstić information content (AvgIpc) is 2.80. The standard InChI is InChI=1S/C13H17ClN2O.ClH/c1-9-4-3-5-11(12(9)14)13(17)16-7-6-10(8-16)15-2;/h3-5,10,15H,6-8H2,1-2H3;1H. The molecule has 0 bridgehead atoms. The van der Waals surface area contributed by atoms with Crippen molar-refractivity contribution in [1.82, 2.24) is 10.2 Å². The molecule has 100 valence electrons. The van der Waals surface area contributed by atoms with E-state index >= 15 is 0 Å². The van der Waals surface area contributed by atoms with Gasteiger partial charge in [0.2, 0.25) is 0 Å². The lowest BCUT2D eigenvalue weighted by Gasteiger charge is -2.17. The fourth-order valence-corrected chi connectivity index (χ4v) is 2.37. The first-order valence-corrected chi connectivity index (χ1v) is 6.23. The van der Waals surface area contributed by atoms with E-state index in [1.165, 1.54) is 0 Å². The normalized spacial score (nSPS) is 18.6. The molecule has 1 atom stereocenters. The van der Waals surface area contributed by atoms with Crippen LogP contribution in [0.1, 0.15) is 22.3 Å². The predicted octanol–water partition coefficient (Wildman–Crippen LogP) is 2.50. The molecule has 2 rings (SSSR count). The van der Waals surface area contributed by atoms with E-state index in [-0.39, 0.29) is 18.3 Å². The second-order valence-electron chi connectivity index (χ2n) is 4.46. The summed E-state index contributed by atoms with van der Waals surface area (Å²) in [7, 11) is 1.93. The van der Waals surface area contributed by atoms with Crippen molar-refractivity contribution in [3.8, 4) is 0 Å². The SMILES string of the molecule is CNC1CCN(C(=O)c2cccc(C)c2Cl)C1.Cl. The van der Waals surface area contributed by atoms with Crippen molar-refractivity contribution in [1.29, 1.82) is 0 Å². The lowest BCUT2D eigenvalue weighted by molar-refractivity contribution is 0.0790. The number of nitrogens with zero attached hydrogens (tertiary/aromatic N) is 1. The molecule has 1 amide bonds. The molecule has 5 heteroatoms. The summed E-state index contributed by atoms with van der Waals surface area (Å²) < 4.78 is 0. The van der Waals surface area contributed by atoms with Gasteiger partial charge >= 0.3 is 0 Å². The van der Waals surface area contributed by atoms with Crippen LogP contribution in [0.3, 0.4) is 0 Å². The first kappa shape index (κ1) is 15.3. The van der Waals surface area contributed by atoms with Crippen LogP contribution in [0.2, 0.25) is 5.02 Å². The summed E-state index contributed by atoms with van der Waals surface area (Å²) in [5.41, 5.74) is 1.56. The van der Waals surface area contributed by atoms with Crippen LogP contribution in [0.4, 0.5) is 0 Å². The van der Waals surface area contributed by atoms with Gasteiger partial charge < -0.3 is 10.2 Å². The molecule has 0 radical (unpaired) electrons. The number of halogens is 2. The minimum Gasteiger partial charge on any atom is -0.337 e. The highest BCUT2D eigenvalue weighted by atomic mass is 35.5. The van der Waals surface area contributed by atoms with E-state index in [1.807, 2.05) is 31.0 Å². The molecular weight excluding hydrogens is 271 g/mol. The Labute approximate surface area is 119 Å². The van der Waals surface area contributed by atoms with Crippen LogP contribution < -0.4 is 5.32 Å². The highest BCUT2D eigenvalue weighted by Gasteiger charge is 2.27. The van der Waals surface area contributed by atoms with E-state index in [0.29, 0.717) is 16.6 Å². The Morgan fingerprint density at radius 2 is 2.22 bits per heavy atom. The zero-order valence-electron chi connectivity index (χ0n) is 10.6. The highest BCUT2D eigenvalue weighted by molar-refractivity contribution is 6.34. The Morgan fingerprint density at radius 1 is 1.50 bits per heavy atom. The number of hydrogen-bond donors (Lipinski definition) is 1. The fraction of sp³-hybridized carbons (Fsp3) is 0.462. The number of hydrogen-bond acceptors (Lipinski definition) is 2. The Hall–Kier alpha value is -0.770. The third-order valence-corrected chi connectivity index (χ3v) is 3.81. The number of carbonyl (C=O) groups is 1. The maximum atomic E-state index is 12.3. The van der Waals surface area contributed by atoms with E-state index in [4.69, 9.17) is 11.6 Å². The van der Waals surface area contributed by atoms with Crippen LogP contribution in [0.5, 0.6) is 0 Å². The van der Waals surface area contributed by atoms with Crippen molar-refractivity contribution < 1.29 is 4.79 Å². The Kier molecular flexibility index (Phi) is 5.45. The minimum atomic E-state index is 0. The monoisotopic (exact) mass is 288 g/mol. The van der Waals surface area contributed by atoms with Gasteiger partial charge in [-0.05, 0) is 32.0 Å². The fourth-order valence-electron chi connectivity index (χ4n) is 2.16. The highest BCUT2D eigenvalue weighted by Crippen LogP contribution is 2.23. The number of benzene rings is 1. The maximum Gasteiger partial charge on any atom is 0.255 e. The van der Waals surface area contributed by atoms with E-state index < -0.39 is 0 Å². The van der Waals surface area contributed by atoms with E-state index in [0.717, 1.165) is 25.1 Å². The Bertz CT molecular complexity index is 437. The summed E-state index contributed by atoms with van der Waals surface area (Å²) in [6, 6.07) is 5.99. The van der Waals surface area contributed by atoms with Gasteiger partial charge in [0, 0.05) is 19.1 Å². The predicted molar refractivity (Wildman–Crippen MR) is 76.8 cm³/mol. The molecule has 0 spiro atoms. The topological polar surface area (TPSA) is 32.3 Å². The van der Waals surface area contributed by atoms with Gasteiger partial charge in [0.25, 0.3) is 5.91 Å². The van der Waals surface area contributed by atoms with Crippen LogP contribution in [-0.4, -0.2) is 37.0 Å². The van der Waals surface area contributed by atoms with Gasteiger partial charge in [-0.3, -0.25) is 4.79 Å². The van der Waals surface area contributed by atoms with Gasteiger partial charge in [0.15, 0.2) is 0 Å². The van der Waals surface area contributed by atoms with Gasteiger partial charge in [-0.1, -0.05) is 23.7 Å². The zero-order valence-corrected chi connectivity index (χ0v) is 12.1. The molecule has 1 saturated heterocycles. The zero-order chi connectivity index (χ0) is 12.4. The molecule has 1 fully saturated rings. The molecular formula is C13H18Cl2N2O. The van der Waals surface area contributed by atoms with Crippen LogP contribution in [0, 0.1) is 6.92 Å². The van der Waals surface area contributed by atoms with Crippen LogP contribution in [-0.2, 0) is 0 Å². The summed E-state index contributed by atoms with van der Waals surface area (Å²) in [6.07, 6.45) is 1.01. The lowest BCUT2D eigenvalue weighted by atomic mass is 10.1. The molecule has 1 heterocycles. The first-order chi connectivity index (χ1) is 8.13. The van der Waals surface area contributed by atoms with Crippen molar-refractivity contribution >= 4 is 29.9 Å². The van der Waals surface area contributed by atoms with Gasteiger partial charge in [-0.2, -0.15) is 0 Å². The molecule has 18 heavy (non-hydrogen) atoms. The van der Waals surface area contributed by atoms with Crippen LogP contribution in [0.15, 0.2) is 18.2 Å². The molecule has 1 unspecified atom stereocenters. The first-order valence-electron chi connectivity index (χ1n) is 5.85. The van der Waals surface area contributed by atoms with Crippen molar-refractivity contribution in [3.05, 3.63) is 34.3 Å². The van der Waals surface area contributed by atoms with Gasteiger partial charge in [-0.15, -0.1) is 12.4 Å². The van der Waals surface area contributed by atoms with Crippen molar-refractivity contribution in [2.24, 2.45) is 0 Å². The number of rotatable bonds is 2. The molecule has 1 aromatic carbocycles. The van der Waals surface area contributed by atoms with Crippen LogP contribution >= 0.6 is 24.0 Å². The summed E-state index contributed by atoms with van der Waals surface area (Å²) in [6.45, 7) is 3.48. The number of nitrogens with one attached hydrogen (secondary N) is 1. The largest absolute Gasteiger partial charge is 0.337 e. The second kappa shape index (κ2) is 6.41. The number of amides is 1. The van der Waals surface area contributed by atoms with Gasteiger partial charge in [0.05, 0.1) is 10.6 Å². The molecule has 0 saturated carbocycles. The summed E-state index contributed by atoms with van der Waals surface area (Å²) in [5, 5.41) is 3.77. The summed E-state index contributed by atoms with van der Waals surface area (Å²) in [5.74, 6) is 0.0384. The number of carbonyl (C=O) groups excluding carboxylic acids is 1. The Morgan fingerprint density at radius 3 is 2.83 bits per heavy atom. The average molecular weight is 289 g/mol. The molecule has 1 aromatic rings. The third kappa shape index (κ3) is 2.97. The second-order valence-corrected chi connectivity index (χ2v) is 4.84. The quantitative estimate of drug-likeness (QED) is 0.907. The van der Waals surface area contributed by atoms with Crippen molar-refractivity contribution in [3.63, 3.8) is 0 Å². The third-order valence-electron chi connectivity index (χ3n) is 3.31. The van der Waals surface area contributed by atoms with Crippen molar-refractivity contribution in [2.45, 2.75) is 19.4 Å². The molecule has 3 nitrogen and oxygen atoms in total. The van der Waals surface area contributed by atoms with E-state index in [1.54, 1.807) is 6.07 Å². The molecule has 0 aliphatic carbocycles. The summed E-state index contributed by atoms with van der Waals surface area (Å²) in [4.78, 5) is 14.2. The smallest absolute Gasteiger partial charge is 0.255 e. The molecule has 1 aliphatic heterocycles. The van der Waals surface area contributed by atoms with Gasteiger partial charge in [0.1, 0.15) is 0 Å². The molecule has 1 aliphatic rings. The Balaban J connectivity index is 0.00000162. The molecule has 1 N–H and O–H groups in total. The molecule has 0 aromatic heterocycles. The van der Waals surface area contributed by atoms with Crippen molar-refractivity contribution in [2.75, 3.05) is 20.1 Å². The van der Waals surface area contributed by atoms with E-state index in [9.17, 15) is 4.79 Å². The minimum absolute atomic E-state index is 0. The van der Waals surface area contributed by atoms with Crippen LogP contribution in [0.25, 0.3) is 0 Å². The number of likely N-dealkylation sites (N-methyl/N-ethyl adjacent to an activating group) is 1. The lowest BCUT2D eigenvalue weighted by Crippen LogP contribution is -2.33. The maximum absolute atomic E-state index is 12.3. The van der Waals surface area contributed by atoms with Gasteiger partial charge in [-0.25, -0.2) is 0 Å². The summed E-state index contributed by atoms with van der Waals surface area (Å²) >= 11 is 6.17.